The number of ether oxygens (including phenoxy) is 1. The van der Waals surface area contributed by atoms with Gasteiger partial charge in [0.2, 0.25) is 5.54 Å². The summed E-state index contributed by atoms with van der Waals surface area (Å²) < 4.78 is 45.5. The Hall–Kier alpha value is -3.01. The molecule has 0 N–H and O–H groups in total. The van der Waals surface area contributed by atoms with E-state index in [9.17, 15) is 32.9 Å². The van der Waals surface area contributed by atoms with Crippen LogP contribution in [0.5, 0.6) is 0 Å². The van der Waals surface area contributed by atoms with E-state index in [-0.39, 0.29) is 29.8 Å². The fourth-order valence-electron chi connectivity index (χ4n) is 3.46. The van der Waals surface area contributed by atoms with Crippen LogP contribution in [0.4, 0.5) is 18.9 Å². The van der Waals surface area contributed by atoms with Gasteiger partial charge in [0.15, 0.2) is 5.78 Å². The number of fused-ring (bicyclic) bond motifs is 1. The van der Waals surface area contributed by atoms with Crippen LogP contribution in [0.25, 0.3) is 0 Å². The van der Waals surface area contributed by atoms with Crippen molar-refractivity contribution < 1.29 is 32.4 Å². The number of alkyl halides is 3. The van der Waals surface area contributed by atoms with Gasteiger partial charge >= 0.3 is 12.1 Å². The molecule has 0 amide bonds. The third-order valence-corrected chi connectivity index (χ3v) is 5.04. The number of carbonyl (C=O) groups is 2. The highest BCUT2D eigenvalue weighted by Crippen LogP contribution is 2.48. The number of methoxy groups -OCH3 is 1. The Morgan fingerprint density at radius 2 is 1.86 bits per heavy atom. The summed E-state index contributed by atoms with van der Waals surface area (Å²) in [5.41, 5.74) is -1.85. The summed E-state index contributed by atoms with van der Waals surface area (Å²) in [7, 11) is 2.02. The molecule has 1 heterocycles. The van der Waals surface area contributed by atoms with Gasteiger partial charge in [0, 0.05) is 36.2 Å². The van der Waals surface area contributed by atoms with E-state index in [0.717, 1.165) is 25.1 Å². The highest BCUT2D eigenvalue weighted by atomic mass is 19.4. The lowest BCUT2D eigenvalue weighted by Crippen LogP contribution is -2.64. The molecule has 10 heteroatoms. The molecule has 1 atom stereocenters. The van der Waals surface area contributed by atoms with E-state index < -0.39 is 28.4 Å². The van der Waals surface area contributed by atoms with Gasteiger partial charge in [-0.3, -0.25) is 19.8 Å². The van der Waals surface area contributed by atoms with Crippen molar-refractivity contribution in [2.75, 3.05) is 20.7 Å². The first kappa shape index (κ1) is 19.7. The topological polar surface area (TPSA) is 89.8 Å². The van der Waals surface area contributed by atoms with Gasteiger partial charge in [-0.25, -0.2) is 4.79 Å². The monoisotopic (exact) mass is 396 g/mol. The summed E-state index contributed by atoms with van der Waals surface area (Å²) in [4.78, 5) is 35.5. The molecule has 0 saturated heterocycles. The fourth-order valence-corrected chi connectivity index (χ4v) is 3.46. The molecular weight excluding hydrogens is 381 g/mol. The summed E-state index contributed by atoms with van der Waals surface area (Å²) >= 11 is 0. The lowest BCUT2D eigenvalue weighted by molar-refractivity contribution is -0.384. The molecule has 7 nitrogen and oxygen atoms in total. The normalized spacial score (nSPS) is 22.1. The van der Waals surface area contributed by atoms with E-state index in [4.69, 9.17) is 0 Å². The van der Waals surface area contributed by atoms with Crippen LogP contribution in [0.2, 0.25) is 0 Å². The second kappa shape index (κ2) is 6.55. The number of hydrogen-bond acceptors (Lipinski definition) is 6. The first-order valence-corrected chi connectivity index (χ1v) is 8.12. The number of rotatable bonds is 4. The van der Waals surface area contributed by atoms with Crippen LogP contribution in [0.3, 0.4) is 0 Å². The zero-order chi connectivity index (χ0) is 20.9. The lowest BCUT2D eigenvalue weighted by atomic mass is 9.73. The fraction of sp³-hybridized carbons (Fsp3) is 0.333. The first-order chi connectivity index (χ1) is 13.0. The maximum atomic E-state index is 13.7. The van der Waals surface area contributed by atoms with Gasteiger partial charge < -0.3 is 4.74 Å². The summed E-state index contributed by atoms with van der Waals surface area (Å²) in [5.74, 6) is -1.85. The number of non-ortho nitro benzene ring substituents is 1. The van der Waals surface area contributed by atoms with E-state index in [0.29, 0.717) is 11.1 Å². The Kier molecular flexibility index (Phi) is 4.62. The number of carbonyl (C=O) groups excluding carboxylic acids is 2. The van der Waals surface area contributed by atoms with Crippen molar-refractivity contribution in [2.24, 2.45) is 0 Å². The molecule has 1 aromatic carbocycles. The predicted octanol–water partition coefficient (Wildman–Crippen LogP) is 2.82. The van der Waals surface area contributed by atoms with Gasteiger partial charge in [-0.15, -0.1) is 0 Å². The number of esters is 1. The Bertz CT molecular complexity index is 934. The molecule has 1 aliphatic carbocycles. The minimum absolute atomic E-state index is 0.0200. The molecule has 1 aliphatic heterocycles. The first-order valence-electron chi connectivity index (χ1n) is 8.12. The van der Waals surface area contributed by atoms with E-state index in [1.165, 1.54) is 24.3 Å². The number of nitrogens with zero attached hydrogens (tertiary/aromatic N) is 2. The molecule has 28 heavy (non-hydrogen) atoms. The summed E-state index contributed by atoms with van der Waals surface area (Å²) in [6, 6.07) is 4.98. The molecule has 2 aliphatic rings. The molecule has 0 aromatic heterocycles. The van der Waals surface area contributed by atoms with Crippen molar-refractivity contribution in [3.05, 3.63) is 62.7 Å². The molecule has 1 unspecified atom stereocenters. The van der Waals surface area contributed by atoms with Crippen LogP contribution in [-0.2, 0) is 9.53 Å². The molecular formula is C18H15F3N2O5. The van der Waals surface area contributed by atoms with Crippen molar-refractivity contribution in [3.63, 3.8) is 0 Å². The summed E-state index contributed by atoms with van der Waals surface area (Å²) in [5, 5.41) is 10.7. The van der Waals surface area contributed by atoms with Gasteiger partial charge in [0.1, 0.15) is 0 Å². The number of allylic oxidation sites excluding steroid dienone is 1. The van der Waals surface area contributed by atoms with Crippen LogP contribution >= 0.6 is 0 Å². The second-order valence-electron chi connectivity index (χ2n) is 6.55. The predicted molar refractivity (Wildman–Crippen MR) is 90.6 cm³/mol. The summed E-state index contributed by atoms with van der Waals surface area (Å²) in [6.45, 7) is -0.255. The molecule has 1 aromatic rings. The van der Waals surface area contributed by atoms with Gasteiger partial charge in [0.05, 0.1) is 12.0 Å². The molecule has 0 bridgehead atoms. The van der Waals surface area contributed by atoms with E-state index >= 15 is 0 Å². The van der Waals surface area contributed by atoms with Crippen LogP contribution in [-0.4, -0.2) is 54.0 Å². The van der Waals surface area contributed by atoms with Crippen LogP contribution in [0.1, 0.15) is 16.8 Å². The van der Waals surface area contributed by atoms with Crippen molar-refractivity contribution in [1.29, 1.82) is 0 Å². The average Bonchev–Trinajstić information content (AvgIpc) is 2.63. The number of likely N-dealkylation sites (N-methyl/N-ethyl adjacent to an activating group) is 1. The maximum absolute atomic E-state index is 13.7. The van der Waals surface area contributed by atoms with Gasteiger partial charge in [0.25, 0.3) is 5.69 Å². The number of hydrogen-bond donors (Lipinski definition) is 0. The molecule has 3 rings (SSSR count). The Morgan fingerprint density at radius 1 is 1.25 bits per heavy atom. The van der Waals surface area contributed by atoms with Crippen LogP contribution in [0, 0.1) is 10.1 Å². The largest absolute Gasteiger partial charge is 0.467 e. The molecule has 0 radical (unpaired) electrons. The van der Waals surface area contributed by atoms with Gasteiger partial charge in [-0.1, -0.05) is 0 Å². The highest BCUT2D eigenvalue weighted by Gasteiger charge is 2.65. The zero-order valence-corrected chi connectivity index (χ0v) is 14.9. The Morgan fingerprint density at radius 3 is 2.36 bits per heavy atom. The minimum atomic E-state index is -4.90. The summed E-state index contributed by atoms with van der Waals surface area (Å²) in [6.07, 6.45) is -4.11. The number of Topliss-reactive ketones (excluding diaryl/α,β-unsaturated/α-hetero) is 1. The number of nitro groups is 1. The SMILES string of the molecule is COC(=O)C1(C(F)(F)F)C=C2CC(C(=O)c3ccc([N+](=O)[O-])cc3)=C2CN1C. The van der Waals surface area contributed by atoms with Gasteiger partial charge in [-0.05, 0) is 36.4 Å². The van der Waals surface area contributed by atoms with Gasteiger partial charge in [-0.2, -0.15) is 13.2 Å². The third-order valence-electron chi connectivity index (χ3n) is 5.04. The smallest absolute Gasteiger partial charge is 0.421 e. The molecule has 148 valence electrons. The number of benzene rings is 1. The van der Waals surface area contributed by atoms with E-state index in [1.54, 1.807) is 0 Å². The van der Waals surface area contributed by atoms with Crippen molar-refractivity contribution in [3.8, 4) is 0 Å². The Balaban J connectivity index is 1.97. The van der Waals surface area contributed by atoms with E-state index in [2.05, 4.69) is 4.74 Å². The third kappa shape index (κ3) is 2.80. The molecule has 0 spiro atoms. The number of nitro benzene ring substituents is 1. The number of ketones is 1. The average molecular weight is 396 g/mol. The maximum Gasteiger partial charge on any atom is 0.421 e. The van der Waals surface area contributed by atoms with Crippen molar-refractivity contribution in [1.82, 2.24) is 4.90 Å². The minimum Gasteiger partial charge on any atom is -0.467 e. The highest BCUT2D eigenvalue weighted by molar-refractivity contribution is 6.12. The molecule has 0 fully saturated rings. The lowest BCUT2D eigenvalue weighted by Gasteiger charge is -2.45. The Labute approximate surface area is 157 Å². The second-order valence-corrected chi connectivity index (χ2v) is 6.55. The van der Waals surface area contributed by atoms with Crippen LogP contribution < -0.4 is 0 Å². The van der Waals surface area contributed by atoms with Crippen molar-refractivity contribution >= 4 is 17.4 Å². The van der Waals surface area contributed by atoms with E-state index in [1.807, 2.05) is 0 Å². The van der Waals surface area contributed by atoms with Crippen molar-refractivity contribution in [2.45, 2.75) is 18.1 Å². The standard InChI is InChI=1S/C18H15F3N2O5/c1-22-9-14-11(8-17(22,16(25)28-2)18(19,20)21)7-13(14)15(24)10-3-5-12(6-4-10)23(26)27/h3-6,8H,7,9H2,1-2H3. The zero-order valence-electron chi connectivity index (χ0n) is 14.9. The van der Waals surface area contributed by atoms with Crippen LogP contribution in [0.15, 0.2) is 47.1 Å². The number of halogens is 3. The quantitative estimate of drug-likeness (QED) is 0.337. The molecule has 0 saturated carbocycles.